The van der Waals surface area contributed by atoms with E-state index in [4.69, 9.17) is 0 Å². The van der Waals surface area contributed by atoms with Gasteiger partial charge in [-0.3, -0.25) is 9.59 Å². The largest absolute Gasteiger partial charge is 0.349 e. The van der Waals surface area contributed by atoms with Gasteiger partial charge in [0.1, 0.15) is 11.5 Å². The van der Waals surface area contributed by atoms with Crippen LogP contribution >= 0.6 is 0 Å². The van der Waals surface area contributed by atoms with Gasteiger partial charge in [0.05, 0.1) is 0 Å². The Kier molecular flexibility index (Phi) is 6.19. The summed E-state index contributed by atoms with van der Waals surface area (Å²) < 4.78 is 0. The Labute approximate surface area is 169 Å². The van der Waals surface area contributed by atoms with Crippen LogP contribution in [0.25, 0.3) is 11.4 Å². The molecule has 29 heavy (non-hydrogen) atoms. The van der Waals surface area contributed by atoms with E-state index in [0.29, 0.717) is 17.3 Å². The highest BCUT2D eigenvalue weighted by Gasteiger charge is 2.14. The molecule has 0 aliphatic rings. The van der Waals surface area contributed by atoms with Crippen molar-refractivity contribution in [3.8, 4) is 11.4 Å². The number of nitrogens with zero attached hydrogens (tertiary/aromatic N) is 2. The maximum Gasteiger partial charge on any atom is 0.270 e. The molecule has 0 spiro atoms. The lowest BCUT2D eigenvalue weighted by Gasteiger charge is -2.12. The molecule has 1 aromatic heterocycles. The van der Waals surface area contributed by atoms with E-state index < -0.39 is 0 Å². The van der Waals surface area contributed by atoms with E-state index in [1.165, 1.54) is 6.92 Å². The highest BCUT2D eigenvalue weighted by molar-refractivity contribution is 5.94. The van der Waals surface area contributed by atoms with Crippen molar-refractivity contribution in [2.45, 2.75) is 26.8 Å². The molecule has 0 saturated carbocycles. The lowest BCUT2D eigenvalue weighted by atomic mass is 10.2. The summed E-state index contributed by atoms with van der Waals surface area (Å²) in [4.78, 5) is 32.7. The van der Waals surface area contributed by atoms with Gasteiger partial charge in [-0.15, -0.1) is 0 Å². The third-order valence-corrected chi connectivity index (χ3v) is 3.89. The molecular formula is C22H23N5O2. The SMILES string of the molecule is CC(=O)Nc1ccc(Nc2cc(C(=O)NC(C)C)nc(-c3ccccc3)n2)cc1. The van der Waals surface area contributed by atoms with Crippen LogP contribution in [0.2, 0.25) is 0 Å². The summed E-state index contributed by atoms with van der Waals surface area (Å²) in [5.41, 5.74) is 2.57. The quantitative estimate of drug-likeness (QED) is 0.592. The molecule has 0 saturated heterocycles. The maximum absolute atomic E-state index is 12.5. The van der Waals surface area contributed by atoms with E-state index in [9.17, 15) is 9.59 Å². The maximum atomic E-state index is 12.5. The molecule has 7 nitrogen and oxygen atoms in total. The van der Waals surface area contributed by atoms with E-state index >= 15 is 0 Å². The average Bonchev–Trinajstić information content (AvgIpc) is 2.69. The monoisotopic (exact) mass is 389 g/mol. The number of benzene rings is 2. The fraction of sp³-hybridized carbons (Fsp3) is 0.182. The molecular weight excluding hydrogens is 366 g/mol. The minimum atomic E-state index is -0.261. The van der Waals surface area contributed by atoms with Gasteiger partial charge in [0.2, 0.25) is 5.91 Å². The second kappa shape index (κ2) is 8.97. The highest BCUT2D eigenvalue weighted by Crippen LogP contribution is 2.22. The van der Waals surface area contributed by atoms with Crippen LogP contribution in [-0.4, -0.2) is 27.8 Å². The van der Waals surface area contributed by atoms with Crippen molar-refractivity contribution < 1.29 is 9.59 Å². The van der Waals surface area contributed by atoms with Crippen LogP contribution in [0.15, 0.2) is 60.7 Å². The summed E-state index contributed by atoms with van der Waals surface area (Å²) in [6.07, 6.45) is 0. The number of anilines is 3. The number of carbonyl (C=O) groups excluding carboxylic acids is 2. The molecule has 0 atom stereocenters. The summed E-state index contributed by atoms with van der Waals surface area (Å²) in [5, 5.41) is 8.78. The number of hydrogen-bond acceptors (Lipinski definition) is 5. The molecule has 0 aliphatic carbocycles. The van der Waals surface area contributed by atoms with Crippen LogP contribution in [0.3, 0.4) is 0 Å². The van der Waals surface area contributed by atoms with Gasteiger partial charge in [-0.25, -0.2) is 9.97 Å². The smallest absolute Gasteiger partial charge is 0.270 e. The summed E-state index contributed by atoms with van der Waals surface area (Å²) in [5.74, 6) is 0.567. The van der Waals surface area contributed by atoms with Gasteiger partial charge in [-0.1, -0.05) is 30.3 Å². The fourth-order valence-corrected chi connectivity index (χ4v) is 2.67. The molecule has 0 unspecified atom stereocenters. The Bertz CT molecular complexity index is 1000. The number of aromatic nitrogens is 2. The van der Waals surface area contributed by atoms with E-state index in [1.54, 1.807) is 18.2 Å². The average molecular weight is 389 g/mol. The standard InChI is InChI=1S/C22H23N5O2/c1-14(2)23-22(29)19-13-20(27-21(26-19)16-7-5-4-6-8-16)25-18-11-9-17(10-12-18)24-15(3)28/h4-14H,1-3H3,(H,23,29)(H,24,28)(H,25,26,27). The molecule has 3 N–H and O–H groups in total. The number of hydrogen-bond donors (Lipinski definition) is 3. The van der Waals surface area contributed by atoms with Gasteiger partial charge in [-0.2, -0.15) is 0 Å². The van der Waals surface area contributed by atoms with Crippen LogP contribution < -0.4 is 16.0 Å². The van der Waals surface area contributed by atoms with Crippen LogP contribution in [-0.2, 0) is 4.79 Å². The van der Waals surface area contributed by atoms with Crippen molar-refractivity contribution >= 4 is 29.0 Å². The van der Waals surface area contributed by atoms with Crippen LogP contribution in [0.1, 0.15) is 31.3 Å². The molecule has 7 heteroatoms. The summed E-state index contributed by atoms with van der Waals surface area (Å²) in [6.45, 7) is 5.25. The molecule has 3 rings (SSSR count). The molecule has 2 aromatic carbocycles. The van der Waals surface area contributed by atoms with Gasteiger partial charge in [0, 0.05) is 36.0 Å². The Morgan fingerprint density at radius 1 is 0.897 bits per heavy atom. The third-order valence-electron chi connectivity index (χ3n) is 3.89. The third kappa shape index (κ3) is 5.62. The predicted molar refractivity (Wildman–Crippen MR) is 114 cm³/mol. The van der Waals surface area contributed by atoms with E-state index in [1.807, 2.05) is 56.3 Å². The zero-order valence-electron chi connectivity index (χ0n) is 16.6. The number of carbonyl (C=O) groups is 2. The molecule has 0 bridgehead atoms. The van der Waals surface area contributed by atoms with Crippen LogP contribution in [0.4, 0.5) is 17.2 Å². The lowest BCUT2D eigenvalue weighted by Crippen LogP contribution is -2.31. The first-order chi connectivity index (χ1) is 13.9. The van der Waals surface area contributed by atoms with Gasteiger partial charge in [0.25, 0.3) is 5.91 Å². The Morgan fingerprint density at radius 3 is 2.17 bits per heavy atom. The first kappa shape index (κ1) is 20.0. The first-order valence-electron chi connectivity index (χ1n) is 9.31. The number of nitrogens with one attached hydrogen (secondary N) is 3. The predicted octanol–water partition coefficient (Wildman–Crippen LogP) is 3.98. The van der Waals surface area contributed by atoms with Gasteiger partial charge >= 0.3 is 0 Å². The minimum absolute atomic E-state index is 0.00429. The molecule has 3 aromatic rings. The normalized spacial score (nSPS) is 10.5. The van der Waals surface area contributed by atoms with E-state index in [0.717, 1.165) is 11.3 Å². The fourth-order valence-electron chi connectivity index (χ4n) is 2.67. The van der Waals surface area contributed by atoms with Gasteiger partial charge in [0.15, 0.2) is 5.82 Å². The highest BCUT2D eigenvalue weighted by atomic mass is 16.2. The molecule has 0 aliphatic heterocycles. The Morgan fingerprint density at radius 2 is 1.55 bits per heavy atom. The molecule has 148 valence electrons. The van der Waals surface area contributed by atoms with Crippen molar-refractivity contribution in [1.82, 2.24) is 15.3 Å². The molecule has 1 heterocycles. The zero-order chi connectivity index (χ0) is 20.8. The topological polar surface area (TPSA) is 96.0 Å². The van der Waals surface area contributed by atoms with Crippen molar-refractivity contribution in [1.29, 1.82) is 0 Å². The lowest BCUT2D eigenvalue weighted by molar-refractivity contribution is -0.114. The van der Waals surface area contributed by atoms with Gasteiger partial charge < -0.3 is 16.0 Å². The second-order valence-electron chi connectivity index (χ2n) is 6.84. The number of amides is 2. The van der Waals surface area contributed by atoms with Crippen molar-refractivity contribution in [3.63, 3.8) is 0 Å². The summed E-state index contributed by atoms with van der Waals surface area (Å²) >= 11 is 0. The van der Waals surface area contributed by atoms with Crippen LogP contribution in [0, 0.1) is 0 Å². The van der Waals surface area contributed by atoms with Crippen LogP contribution in [0.5, 0.6) is 0 Å². The van der Waals surface area contributed by atoms with E-state index in [2.05, 4.69) is 25.9 Å². The summed E-state index contributed by atoms with van der Waals surface area (Å²) in [7, 11) is 0. The van der Waals surface area contributed by atoms with Crippen molar-refractivity contribution in [3.05, 3.63) is 66.4 Å². The van der Waals surface area contributed by atoms with Crippen molar-refractivity contribution in [2.75, 3.05) is 10.6 Å². The number of rotatable bonds is 6. The van der Waals surface area contributed by atoms with Gasteiger partial charge in [-0.05, 0) is 38.1 Å². The molecule has 2 amide bonds. The summed E-state index contributed by atoms with van der Waals surface area (Å²) in [6, 6.07) is 18.3. The Balaban J connectivity index is 1.92. The minimum Gasteiger partial charge on any atom is -0.349 e. The first-order valence-corrected chi connectivity index (χ1v) is 9.31. The van der Waals surface area contributed by atoms with E-state index in [-0.39, 0.29) is 23.6 Å². The molecule has 0 fully saturated rings. The van der Waals surface area contributed by atoms with Crippen molar-refractivity contribution in [2.24, 2.45) is 0 Å². The second-order valence-corrected chi connectivity index (χ2v) is 6.84. The zero-order valence-corrected chi connectivity index (χ0v) is 16.6. The molecule has 0 radical (unpaired) electrons. The Hall–Kier alpha value is -3.74.